The van der Waals surface area contributed by atoms with Gasteiger partial charge in [-0.3, -0.25) is 0 Å². The Bertz CT molecular complexity index is 420. The third-order valence-electron chi connectivity index (χ3n) is 1.80. The van der Waals surface area contributed by atoms with Crippen LogP contribution in [-0.4, -0.2) is 9.97 Å². The van der Waals surface area contributed by atoms with Crippen molar-refractivity contribution < 1.29 is 0 Å². The van der Waals surface area contributed by atoms with Gasteiger partial charge in [-0.2, -0.15) is 0 Å². The highest BCUT2D eigenvalue weighted by molar-refractivity contribution is 7.10. The zero-order valence-electron chi connectivity index (χ0n) is 7.61. The molecule has 0 amide bonds. The van der Waals surface area contributed by atoms with Crippen molar-refractivity contribution in [1.82, 2.24) is 9.97 Å². The minimum absolute atomic E-state index is 0.821. The van der Waals surface area contributed by atoms with E-state index in [0.29, 0.717) is 0 Å². The van der Waals surface area contributed by atoms with Gasteiger partial charge in [-0.1, -0.05) is 0 Å². The smallest absolute Gasteiger partial charge is 0.125 e. The topological polar surface area (TPSA) is 25.8 Å². The normalized spacial score (nSPS) is 10.3. The van der Waals surface area contributed by atoms with Gasteiger partial charge in [0.15, 0.2) is 0 Å². The molecule has 0 saturated heterocycles. The van der Waals surface area contributed by atoms with Crippen LogP contribution in [0.1, 0.15) is 10.7 Å². The highest BCUT2D eigenvalue weighted by atomic mass is 32.1. The Morgan fingerprint density at radius 3 is 2.77 bits per heavy atom. The number of nitrogens with zero attached hydrogens (tertiary/aromatic N) is 2. The molecule has 0 unspecified atom stereocenters. The molecule has 0 aromatic carbocycles. The summed E-state index contributed by atoms with van der Waals surface area (Å²) in [6.07, 6.45) is 1.80. The van der Waals surface area contributed by atoms with E-state index in [4.69, 9.17) is 0 Å². The van der Waals surface area contributed by atoms with Crippen LogP contribution in [0.4, 0.5) is 0 Å². The number of aromatic nitrogens is 2. The lowest BCUT2D eigenvalue weighted by atomic mass is 10.2. The van der Waals surface area contributed by atoms with Gasteiger partial charge in [0.05, 0.1) is 5.69 Å². The van der Waals surface area contributed by atoms with Crippen LogP contribution in [0.25, 0.3) is 11.3 Å². The average Bonchev–Trinajstić information content (AvgIpc) is 2.52. The first-order chi connectivity index (χ1) is 6.25. The number of hydrogen-bond donors (Lipinski definition) is 0. The molecule has 0 aliphatic carbocycles. The number of aryl methyl sites for hydroxylation is 2. The van der Waals surface area contributed by atoms with Crippen molar-refractivity contribution in [2.24, 2.45) is 0 Å². The van der Waals surface area contributed by atoms with Gasteiger partial charge in [0.2, 0.25) is 0 Å². The van der Waals surface area contributed by atoms with Gasteiger partial charge in [0.1, 0.15) is 5.82 Å². The van der Waals surface area contributed by atoms with E-state index in [1.165, 1.54) is 10.4 Å². The van der Waals surface area contributed by atoms with Crippen molar-refractivity contribution in [2.45, 2.75) is 13.8 Å². The summed E-state index contributed by atoms with van der Waals surface area (Å²) in [5.74, 6) is 0.821. The predicted octanol–water partition coefficient (Wildman–Crippen LogP) is 2.82. The largest absolute Gasteiger partial charge is 0.242 e. The Kier molecular flexibility index (Phi) is 2.10. The maximum Gasteiger partial charge on any atom is 0.125 e. The molecule has 2 aromatic rings. The van der Waals surface area contributed by atoms with Crippen LogP contribution < -0.4 is 0 Å². The molecule has 13 heavy (non-hydrogen) atoms. The van der Waals surface area contributed by atoms with E-state index in [-0.39, 0.29) is 0 Å². The van der Waals surface area contributed by atoms with Gasteiger partial charge in [-0.05, 0) is 26.0 Å². The van der Waals surface area contributed by atoms with Gasteiger partial charge in [0.25, 0.3) is 0 Å². The van der Waals surface area contributed by atoms with Gasteiger partial charge in [-0.25, -0.2) is 9.97 Å². The maximum absolute atomic E-state index is 4.35. The molecule has 2 rings (SSSR count). The lowest BCUT2D eigenvalue weighted by molar-refractivity contribution is 1.06. The quantitative estimate of drug-likeness (QED) is 0.691. The Morgan fingerprint density at radius 2 is 2.15 bits per heavy atom. The fourth-order valence-corrected chi connectivity index (χ4v) is 1.89. The summed E-state index contributed by atoms with van der Waals surface area (Å²) in [5.41, 5.74) is 2.20. The van der Waals surface area contributed by atoms with Crippen LogP contribution >= 0.6 is 11.3 Å². The van der Waals surface area contributed by atoms with Crippen molar-refractivity contribution >= 4 is 11.3 Å². The molecule has 0 N–H and O–H groups in total. The molecular weight excluding hydrogens is 180 g/mol. The Morgan fingerprint density at radius 1 is 1.31 bits per heavy atom. The van der Waals surface area contributed by atoms with Crippen molar-refractivity contribution in [3.8, 4) is 11.3 Å². The van der Waals surface area contributed by atoms with E-state index in [0.717, 1.165) is 11.5 Å². The predicted molar refractivity (Wildman–Crippen MR) is 54.8 cm³/mol. The van der Waals surface area contributed by atoms with Crippen LogP contribution in [0, 0.1) is 13.8 Å². The molecule has 66 valence electrons. The van der Waals surface area contributed by atoms with Gasteiger partial charge in [-0.15, -0.1) is 11.3 Å². The van der Waals surface area contributed by atoms with Crippen LogP contribution in [0.5, 0.6) is 0 Å². The zero-order chi connectivity index (χ0) is 9.26. The minimum atomic E-state index is 0.821. The fraction of sp³-hybridized carbons (Fsp3) is 0.200. The lowest BCUT2D eigenvalue weighted by Crippen LogP contribution is -1.87. The van der Waals surface area contributed by atoms with Crippen molar-refractivity contribution in [1.29, 1.82) is 0 Å². The molecule has 2 heterocycles. The van der Waals surface area contributed by atoms with E-state index in [1.54, 1.807) is 17.5 Å². The van der Waals surface area contributed by atoms with Crippen molar-refractivity contribution in [3.63, 3.8) is 0 Å². The molecule has 0 bridgehead atoms. The Labute approximate surface area is 81.3 Å². The van der Waals surface area contributed by atoms with Crippen LogP contribution in [0.2, 0.25) is 0 Å². The van der Waals surface area contributed by atoms with E-state index < -0.39 is 0 Å². The van der Waals surface area contributed by atoms with E-state index in [1.807, 2.05) is 13.0 Å². The first-order valence-corrected chi connectivity index (χ1v) is 4.99. The zero-order valence-corrected chi connectivity index (χ0v) is 8.43. The molecule has 0 aliphatic rings. The molecule has 0 saturated carbocycles. The highest BCUT2D eigenvalue weighted by Crippen LogP contribution is 2.22. The molecule has 0 spiro atoms. The monoisotopic (exact) mass is 190 g/mol. The number of thiophene rings is 1. The van der Waals surface area contributed by atoms with Crippen LogP contribution in [-0.2, 0) is 0 Å². The standard InChI is InChI=1S/C10H10N2S/c1-7-5-9(6-13-7)10-3-4-11-8(2)12-10/h3-6H,1-2H3. The first-order valence-electron chi connectivity index (χ1n) is 4.11. The van der Waals surface area contributed by atoms with Crippen molar-refractivity contribution in [3.05, 3.63) is 34.4 Å². The number of hydrogen-bond acceptors (Lipinski definition) is 3. The van der Waals surface area contributed by atoms with Crippen LogP contribution in [0.3, 0.4) is 0 Å². The first kappa shape index (κ1) is 8.38. The Balaban J connectivity index is 2.46. The number of rotatable bonds is 1. The van der Waals surface area contributed by atoms with Crippen LogP contribution in [0.15, 0.2) is 23.7 Å². The molecule has 2 aromatic heterocycles. The molecule has 0 fully saturated rings. The fourth-order valence-electron chi connectivity index (χ4n) is 1.19. The summed E-state index contributed by atoms with van der Waals surface area (Å²) in [6, 6.07) is 4.08. The van der Waals surface area contributed by atoms with Crippen molar-refractivity contribution in [2.75, 3.05) is 0 Å². The third-order valence-corrected chi connectivity index (χ3v) is 2.66. The molecule has 0 aliphatic heterocycles. The Hall–Kier alpha value is -1.22. The molecule has 3 heteroatoms. The second-order valence-corrected chi connectivity index (χ2v) is 4.05. The van der Waals surface area contributed by atoms with Gasteiger partial charge < -0.3 is 0 Å². The van der Waals surface area contributed by atoms with Gasteiger partial charge >= 0.3 is 0 Å². The third kappa shape index (κ3) is 1.75. The van der Waals surface area contributed by atoms with E-state index in [2.05, 4.69) is 28.3 Å². The summed E-state index contributed by atoms with van der Waals surface area (Å²) in [4.78, 5) is 9.73. The molecular formula is C10H10N2S. The average molecular weight is 190 g/mol. The summed E-state index contributed by atoms with van der Waals surface area (Å²) in [5, 5.41) is 2.12. The molecule has 0 atom stereocenters. The SMILES string of the molecule is Cc1nccc(-c2csc(C)c2)n1. The summed E-state index contributed by atoms with van der Waals surface area (Å²) >= 11 is 1.74. The maximum atomic E-state index is 4.35. The van der Waals surface area contributed by atoms with E-state index in [9.17, 15) is 0 Å². The highest BCUT2D eigenvalue weighted by Gasteiger charge is 2.01. The molecule has 0 radical (unpaired) electrons. The second-order valence-electron chi connectivity index (χ2n) is 2.94. The van der Waals surface area contributed by atoms with E-state index >= 15 is 0 Å². The summed E-state index contributed by atoms with van der Waals surface area (Å²) in [6.45, 7) is 4.00. The summed E-state index contributed by atoms with van der Waals surface area (Å²) in [7, 11) is 0. The minimum Gasteiger partial charge on any atom is -0.242 e. The van der Waals surface area contributed by atoms with Gasteiger partial charge in [0, 0.05) is 22.0 Å². The second kappa shape index (κ2) is 3.26. The summed E-state index contributed by atoms with van der Waals surface area (Å²) < 4.78 is 0. The lowest BCUT2D eigenvalue weighted by Gasteiger charge is -1.96. The molecule has 2 nitrogen and oxygen atoms in total.